The molecule has 0 aliphatic rings. The molecule has 0 aliphatic carbocycles. The molecule has 0 saturated heterocycles. The number of fused-ring (bicyclic) bond motifs is 1. The molecule has 0 radical (unpaired) electrons. The van der Waals surface area contributed by atoms with Crippen LogP contribution in [0, 0.1) is 12.7 Å². The second-order valence-corrected chi connectivity index (χ2v) is 4.45. The zero-order chi connectivity index (χ0) is 11.7. The molecule has 1 aromatic heterocycles. The molecule has 0 aliphatic heterocycles. The first-order valence-corrected chi connectivity index (χ1v) is 5.58. The summed E-state index contributed by atoms with van der Waals surface area (Å²) in [6, 6.07) is 5.30. The Kier molecular flexibility index (Phi) is 2.97. The van der Waals surface area contributed by atoms with E-state index in [2.05, 4.69) is 24.1 Å². The van der Waals surface area contributed by atoms with E-state index in [0.717, 1.165) is 28.7 Å². The fourth-order valence-corrected chi connectivity index (χ4v) is 1.84. The molecule has 2 rings (SSSR count). The second-order valence-electron chi connectivity index (χ2n) is 4.45. The van der Waals surface area contributed by atoms with E-state index < -0.39 is 0 Å². The van der Waals surface area contributed by atoms with E-state index in [1.54, 1.807) is 12.1 Å². The van der Waals surface area contributed by atoms with Gasteiger partial charge in [-0.3, -0.25) is 0 Å². The number of aromatic amines is 1. The Hall–Kier alpha value is -1.35. The SMILES string of the molecule is Cc1c(CNC(C)C)[nH]c2ccc(F)cc12. The van der Waals surface area contributed by atoms with Crippen molar-refractivity contribution in [3.63, 3.8) is 0 Å². The summed E-state index contributed by atoms with van der Waals surface area (Å²) in [5, 5.41) is 4.33. The molecule has 2 nitrogen and oxygen atoms in total. The van der Waals surface area contributed by atoms with Crippen molar-refractivity contribution in [2.24, 2.45) is 0 Å². The molecule has 0 spiro atoms. The fourth-order valence-electron chi connectivity index (χ4n) is 1.84. The smallest absolute Gasteiger partial charge is 0.123 e. The maximum Gasteiger partial charge on any atom is 0.123 e. The molecule has 0 atom stereocenters. The number of hydrogen-bond donors (Lipinski definition) is 2. The van der Waals surface area contributed by atoms with Crippen molar-refractivity contribution in [2.75, 3.05) is 0 Å². The minimum absolute atomic E-state index is 0.182. The lowest BCUT2D eigenvalue weighted by molar-refractivity contribution is 0.582. The minimum Gasteiger partial charge on any atom is -0.357 e. The molecule has 0 amide bonds. The van der Waals surface area contributed by atoms with Crippen LogP contribution in [0.1, 0.15) is 25.1 Å². The number of nitrogens with one attached hydrogen (secondary N) is 2. The molecule has 2 N–H and O–H groups in total. The van der Waals surface area contributed by atoms with Crippen LogP contribution in [-0.4, -0.2) is 11.0 Å². The second kappa shape index (κ2) is 4.26. The number of aromatic nitrogens is 1. The van der Waals surface area contributed by atoms with E-state index in [0.29, 0.717) is 6.04 Å². The predicted octanol–water partition coefficient (Wildman–Crippen LogP) is 3.11. The van der Waals surface area contributed by atoms with Crippen LogP contribution < -0.4 is 5.32 Å². The third-order valence-corrected chi connectivity index (χ3v) is 2.81. The highest BCUT2D eigenvalue weighted by molar-refractivity contribution is 5.84. The zero-order valence-electron chi connectivity index (χ0n) is 9.89. The van der Waals surface area contributed by atoms with Gasteiger partial charge in [-0.25, -0.2) is 4.39 Å². The first-order chi connectivity index (χ1) is 7.58. The maximum absolute atomic E-state index is 13.1. The van der Waals surface area contributed by atoms with Gasteiger partial charge in [-0.05, 0) is 30.7 Å². The molecule has 16 heavy (non-hydrogen) atoms. The van der Waals surface area contributed by atoms with Crippen molar-refractivity contribution >= 4 is 10.9 Å². The van der Waals surface area contributed by atoms with Crippen molar-refractivity contribution < 1.29 is 4.39 Å². The molecular weight excluding hydrogens is 203 g/mol. The minimum atomic E-state index is -0.182. The zero-order valence-corrected chi connectivity index (χ0v) is 9.89. The Labute approximate surface area is 94.9 Å². The Morgan fingerprint density at radius 2 is 2.12 bits per heavy atom. The standard InChI is InChI=1S/C13H17FN2/c1-8(2)15-7-13-9(3)11-6-10(14)4-5-12(11)16-13/h4-6,8,15-16H,7H2,1-3H3. The van der Waals surface area contributed by atoms with E-state index in [9.17, 15) is 4.39 Å². The van der Waals surface area contributed by atoms with Gasteiger partial charge in [-0.15, -0.1) is 0 Å². The van der Waals surface area contributed by atoms with Crippen LogP contribution in [0.2, 0.25) is 0 Å². The number of halogens is 1. The van der Waals surface area contributed by atoms with E-state index in [4.69, 9.17) is 0 Å². The number of rotatable bonds is 3. The van der Waals surface area contributed by atoms with E-state index >= 15 is 0 Å². The summed E-state index contributed by atoms with van der Waals surface area (Å²) in [6.45, 7) is 7.03. The van der Waals surface area contributed by atoms with Crippen LogP contribution in [0.3, 0.4) is 0 Å². The van der Waals surface area contributed by atoms with Crippen molar-refractivity contribution in [1.82, 2.24) is 10.3 Å². The van der Waals surface area contributed by atoms with Gasteiger partial charge in [0.2, 0.25) is 0 Å². The Morgan fingerprint density at radius 3 is 2.81 bits per heavy atom. The third-order valence-electron chi connectivity index (χ3n) is 2.81. The monoisotopic (exact) mass is 220 g/mol. The lowest BCUT2D eigenvalue weighted by atomic mass is 10.1. The fraction of sp³-hybridized carbons (Fsp3) is 0.385. The van der Waals surface area contributed by atoms with Gasteiger partial charge in [-0.1, -0.05) is 13.8 Å². The molecule has 3 heteroatoms. The third kappa shape index (κ3) is 2.09. The highest BCUT2D eigenvalue weighted by Gasteiger charge is 2.08. The van der Waals surface area contributed by atoms with Crippen LogP contribution >= 0.6 is 0 Å². The van der Waals surface area contributed by atoms with E-state index in [-0.39, 0.29) is 5.82 Å². The normalized spacial score (nSPS) is 11.6. The molecule has 0 saturated carbocycles. The van der Waals surface area contributed by atoms with Gasteiger partial charge in [0.15, 0.2) is 0 Å². The van der Waals surface area contributed by atoms with Gasteiger partial charge >= 0.3 is 0 Å². The molecule has 0 bridgehead atoms. The van der Waals surface area contributed by atoms with Gasteiger partial charge in [0.25, 0.3) is 0 Å². The van der Waals surface area contributed by atoms with Crippen molar-refractivity contribution in [3.05, 3.63) is 35.3 Å². The van der Waals surface area contributed by atoms with Crippen LogP contribution in [0.15, 0.2) is 18.2 Å². The molecule has 86 valence electrons. The Balaban J connectivity index is 2.36. The molecular formula is C13H17FN2. The van der Waals surface area contributed by atoms with Crippen LogP contribution in [-0.2, 0) is 6.54 Å². The summed E-state index contributed by atoms with van der Waals surface area (Å²) in [5.41, 5.74) is 3.26. The molecule has 1 aromatic carbocycles. The number of aryl methyl sites for hydroxylation is 1. The van der Waals surface area contributed by atoms with Crippen LogP contribution in [0.5, 0.6) is 0 Å². The number of H-pyrrole nitrogens is 1. The summed E-state index contributed by atoms with van der Waals surface area (Å²) >= 11 is 0. The summed E-state index contributed by atoms with van der Waals surface area (Å²) in [4.78, 5) is 3.32. The highest BCUT2D eigenvalue weighted by Crippen LogP contribution is 2.22. The first-order valence-electron chi connectivity index (χ1n) is 5.58. The van der Waals surface area contributed by atoms with Crippen molar-refractivity contribution in [2.45, 2.75) is 33.4 Å². The number of benzene rings is 1. The Bertz CT molecular complexity index is 500. The van der Waals surface area contributed by atoms with Gasteiger partial charge in [0.1, 0.15) is 5.82 Å². The summed E-state index contributed by atoms with van der Waals surface area (Å²) < 4.78 is 13.1. The van der Waals surface area contributed by atoms with Crippen molar-refractivity contribution in [3.8, 4) is 0 Å². The molecule has 0 unspecified atom stereocenters. The largest absolute Gasteiger partial charge is 0.357 e. The predicted molar refractivity (Wildman–Crippen MR) is 65.0 cm³/mol. The van der Waals surface area contributed by atoms with Crippen LogP contribution in [0.25, 0.3) is 10.9 Å². The maximum atomic E-state index is 13.1. The lowest BCUT2D eigenvalue weighted by Crippen LogP contribution is -2.22. The van der Waals surface area contributed by atoms with Gasteiger partial charge < -0.3 is 10.3 Å². The highest BCUT2D eigenvalue weighted by atomic mass is 19.1. The molecule has 0 fully saturated rings. The average Bonchev–Trinajstić information content (AvgIpc) is 2.53. The average molecular weight is 220 g/mol. The molecule has 2 aromatic rings. The summed E-state index contributed by atoms with van der Waals surface area (Å²) in [5.74, 6) is -0.182. The molecule has 1 heterocycles. The summed E-state index contributed by atoms with van der Waals surface area (Å²) in [6.07, 6.45) is 0. The quantitative estimate of drug-likeness (QED) is 0.817. The lowest BCUT2D eigenvalue weighted by Gasteiger charge is -2.07. The topological polar surface area (TPSA) is 27.8 Å². The first kappa shape index (κ1) is 11.1. The van der Waals surface area contributed by atoms with Gasteiger partial charge in [0, 0.05) is 29.2 Å². The summed E-state index contributed by atoms with van der Waals surface area (Å²) in [7, 11) is 0. The van der Waals surface area contributed by atoms with E-state index in [1.807, 2.05) is 6.92 Å². The van der Waals surface area contributed by atoms with Crippen molar-refractivity contribution in [1.29, 1.82) is 0 Å². The van der Waals surface area contributed by atoms with Gasteiger partial charge in [-0.2, -0.15) is 0 Å². The van der Waals surface area contributed by atoms with Crippen LogP contribution in [0.4, 0.5) is 4.39 Å². The van der Waals surface area contributed by atoms with Gasteiger partial charge in [0.05, 0.1) is 0 Å². The Morgan fingerprint density at radius 1 is 1.38 bits per heavy atom. The van der Waals surface area contributed by atoms with E-state index in [1.165, 1.54) is 6.07 Å². The number of hydrogen-bond acceptors (Lipinski definition) is 1.